The van der Waals surface area contributed by atoms with Gasteiger partial charge < -0.3 is 15.0 Å². The van der Waals surface area contributed by atoms with Crippen LogP contribution < -0.4 is 10.1 Å². The summed E-state index contributed by atoms with van der Waals surface area (Å²) < 4.78 is 7.20. The van der Waals surface area contributed by atoms with E-state index in [4.69, 9.17) is 4.74 Å². The van der Waals surface area contributed by atoms with Crippen molar-refractivity contribution in [1.82, 2.24) is 25.0 Å². The van der Waals surface area contributed by atoms with Gasteiger partial charge in [0.2, 0.25) is 0 Å². The average molecular weight is 343 g/mol. The lowest BCUT2D eigenvalue weighted by atomic mass is 9.99. The van der Waals surface area contributed by atoms with E-state index in [9.17, 15) is 4.79 Å². The smallest absolute Gasteiger partial charge is 0.318 e. The number of nitrogens with zero attached hydrogens (tertiary/aromatic N) is 4. The van der Waals surface area contributed by atoms with Crippen LogP contribution in [0.2, 0.25) is 0 Å². The van der Waals surface area contributed by atoms with E-state index >= 15 is 0 Å². The molecule has 3 heterocycles. The van der Waals surface area contributed by atoms with Gasteiger partial charge in [-0.3, -0.25) is 9.67 Å². The Morgan fingerprint density at radius 2 is 2.20 bits per heavy atom. The molecule has 2 atom stereocenters. The summed E-state index contributed by atoms with van der Waals surface area (Å²) >= 11 is 0. The number of rotatable bonds is 4. The fourth-order valence-corrected chi connectivity index (χ4v) is 3.46. The van der Waals surface area contributed by atoms with E-state index in [2.05, 4.69) is 15.4 Å². The summed E-state index contributed by atoms with van der Waals surface area (Å²) in [5, 5.41) is 7.35. The zero-order chi connectivity index (χ0) is 17.8. The minimum Gasteiger partial charge on any atom is -0.495 e. The van der Waals surface area contributed by atoms with Gasteiger partial charge in [0.15, 0.2) is 0 Å². The molecule has 7 heteroatoms. The van der Waals surface area contributed by atoms with Gasteiger partial charge in [-0.15, -0.1) is 0 Å². The molecule has 3 rings (SSSR count). The predicted octanol–water partition coefficient (Wildman–Crippen LogP) is 2.82. The first-order valence-corrected chi connectivity index (χ1v) is 8.64. The number of pyridine rings is 1. The standard InChI is InChI=1S/C18H25N5O2/c1-13(14-7-9-19-12-17(14)25-3)21-18(24)23-11-5-4-6-16(23)15-8-10-20-22(15)2/h7-10,12-13,16H,4-6,11H2,1-3H3,(H,21,24)/t13-,16-/m0/s1. The third-order valence-electron chi connectivity index (χ3n) is 4.81. The highest BCUT2D eigenvalue weighted by atomic mass is 16.5. The van der Waals surface area contributed by atoms with Crippen molar-refractivity contribution in [1.29, 1.82) is 0 Å². The third kappa shape index (κ3) is 3.60. The number of aromatic nitrogens is 3. The van der Waals surface area contributed by atoms with Crippen molar-refractivity contribution < 1.29 is 9.53 Å². The molecule has 134 valence electrons. The Morgan fingerprint density at radius 1 is 1.36 bits per heavy atom. The first-order chi connectivity index (χ1) is 12.1. The molecule has 1 N–H and O–H groups in total. The van der Waals surface area contributed by atoms with Gasteiger partial charge in [-0.2, -0.15) is 5.10 Å². The number of ether oxygens (including phenoxy) is 1. The molecule has 0 aliphatic carbocycles. The van der Waals surface area contributed by atoms with E-state index in [0.29, 0.717) is 5.75 Å². The van der Waals surface area contributed by atoms with Crippen LogP contribution in [0.1, 0.15) is 49.5 Å². The zero-order valence-corrected chi connectivity index (χ0v) is 15.0. The number of nitrogens with one attached hydrogen (secondary N) is 1. The average Bonchev–Trinajstić information content (AvgIpc) is 3.07. The molecule has 7 nitrogen and oxygen atoms in total. The molecule has 0 saturated carbocycles. The number of hydrogen-bond donors (Lipinski definition) is 1. The number of aryl methyl sites for hydroxylation is 1. The number of amides is 2. The van der Waals surface area contributed by atoms with Gasteiger partial charge in [0.05, 0.1) is 31.1 Å². The molecule has 1 aliphatic rings. The molecule has 1 saturated heterocycles. The first-order valence-electron chi connectivity index (χ1n) is 8.64. The highest BCUT2D eigenvalue weighted by Crippen LogP contribution is 2.31. The lowest BCUT2D eigenvalue weighted by Gasteiger charge is -2.36. The van der Waals surface area contributed by atoms with Crippen molar-refractivity contribution in [3.63, 3.8) is 0 Å². The molecule has 1 fully saturated rings. The number of methoxy groups -OCH3 is 1. The second-order valence-corrected chi connectivity index (χ2v) is 6.37. The molecule has 2 amide bonds. The molecule has 1 aliphatic heterocycles. The number of piperidine rings is 1. The Hall–Kier alpha value is -2.57. The number of hydrogen-bond acceptors (Lipinski definition) is 4. The lowest BCUT2D eigenvalue weighted by molar-refractivity contribution is 0.145. The van der Waals surface area contributed by atoms with Crippen LogP contribution in [0.15, 0.2) is 30.7 Å². The summed E-state index contributed by atoms with van der Waals surface area (Å²) in [5.41, 5.74) is 1.99. The number of likely N-dealkylation sites (tertiary alicyclic amines) is 1. The van der Waals surface area contributed by atoms with Crippen molar-refractivity contribution in [3.05, 3.63) is 42.0 Å². The van der Waals surface area contributed by atoms with Crippen LogP contribution in [0.5, 0.6) is 5.75 Å². The second-order valence-electron chi connectivity index (χ2n) is 6.37. The van der Waals surface area contributed by atoms with Gasteiger partial charge in [0.1, 0.15) is 5.75 Å². The normalized spacial score (nSPS) is 18.7. The number of carbonyl (C=O) groups is 1. The molecular weight excluding hydrogens is 318 g/mol. The summed E-state index contributed by atoms with van der Waals surface area (Å²) in [5.74, 6) is 0.678. The van der Waals surface area contributed by atoms with E-state index < -0.39 is 0 Å². The molecule has 2 aromatic rings. The second kappa shape index (κ2) is 7.55. The minimum atomic E-state index is -0.167. The van der Waals surface area contributed by atoms with Crippen molar-refractivity contribution in [3.8, 4) is 5.75 Å². The molecule has 0 radical (unpaired) electrons. The Kier molecular flexibility index (Phi) is 5.21. The lowest BCUT2D eigenvalue weighted by Crippen LogP contribution is -2.45. The Labute approximate surface area is 148 Å². The van der Waals surface area contributed by atoms with E-state index in [1.807, 2.05) is 35.7 Å². The fourth-order valence-electron chi connectivity index (χ4n) is 3.46. The Morgan fingerprint density at radius 3 is 2.92 bits per heavy atom. The maximum Gasteiger partial charge on any atom is 0.318 e. The number of carbonyl (C=O) groups excluding carboxylic acids is 1. The molecule has 25 heavy (non-hydrogen) atoms. The summed E-state index contributed by atoms with van der Waals surface area (Å²) in [7, 11) is 3.53. The van der Waals surface area contributed by atoms with Crippen molar-refractivity contribution in [2.24, 2.45) is 7.05 Å². The first kappa shape index (κ1) is 17.3. The van der Waals surface area contributed by atoms with Gasteiger partial charge in [-0.05, 0) is 38.3 Å². The monoisotopic (exact) mass is 343 g/mol. The Balaban J connectivity index is 1.75. The predicted molar refractivity (Wildman–Crippen MR) is 94.2 cm³/mol. The van der Waals surface area contributed by atoms with Crippen LogP contribution in [-0.4, -0.2) is 39.4 Å². The molecule has 2 aromatic heterocycles. The van der Waals surface area contributed by atoms with Crippen LogP contribution in [0.3, 0.4) is 0 Å². The van der Waals surface area contributed by atoms with E-state index in [1.165, 1.54) is 0 Å². The van der Waals surface area contributed by atoms with Crippen LogP contribution >= 0.6 is 0 Å². The molecule has 0 spiro atoms. The molecule has 0 aromatic carbocycles. The maximum absolute atomic E-state index is 12.9. The van der Waals surface area contributed by atoms with Crippen LogP contribution in [0.4, 0.5) is 4.79 Å². The third-order valence-corrected chi connectivity index (χ3v) is 4.81. The highest BCUT2D eigenvalue weighted by Gasteiger charge is 2.30. The van der Waals surface area contributed by atoms with Crippen molar-refractivity contribution in [2.45, 2.75) is 38.3 Å². The minimum absolute atomic E-state index is 0.0581. The van der Waals surface area contributed by atoms with Crippen LogP contribution in [-0.2, 0) is 7.05 Å². The number of urea groups is 1. The topological polar surface area (TPSA) is 72.3 Å². The Bertz CT molecular complexity index is 730. The van der Waals surface area contributed by atoms with Gasteiger partial charge in [0, 0.05) is 31.5 Å². The molecular formula is C18H25N5O2. The SMILES string of the molecule is COc1cnccc1[C@H](C)NC(=O)N1CCCC[C@H]1c1ccnn1C. The summed E-state index contributed by atoms with van der Waals surface area (Å²) in [4.78, 5) is 18.9. The van der Waals surface area contributed by atoms with Crippen LogP contribution in [0, 0.1) is 0 Å². The van der Waals surface area contributed by atoms with E-state index in [1.54, 1.807) is 25.7 Å². The summed E-state index contributed by atoms with van der Waals surface area (Å²) in [6, 6.07) is 3.70. The zero-order valence-electron chi connectivity index (χ0n) is 15.0. The van der Waals surface area contributed by atoms with Gasteiger partial charge in [-0.25, -0.2) is 4.79 Å². The van der Waals surface area contributed by atoms with Gasteiger partial charge in [-0.1, -0.05) is 0 Å². The fraction of sp³-hybridized carbons (Fsp3) is 0.500. The van der Waals surface area contributed by atoms with Gasteiger partial charge in [0.25, 0.3) is 0 Å². The molecule has 0 unspecified atom stereocenters. The largest absolute Gasteiger partial charge is 0.495 e. The molecule has 0 bridgehead atoms. The quantitative estimate of drug-likeness (QED) is 0.926. The maximum atomic E-state index is 12.9. The van der Waals surface area contributed by atoms with E-state index in [-0.39, 0.29) is 18.1 Å². The summed E-state index contributed by atoms with van der Waals surface area (Å²) in [6.45, 7) is 2.71. The summed E-state index contributed by atoms with van der Waals surface area (Å²) in [6.07, 6.45) is 8.25. The van der Waals surface area contributed by atoms with Crippen LogP contribution in [0.25, 0.3) is 0 Å². The van der Waals surface area contributed by atoms with Gasteiger partial charge >= 0.3 is 6.03 Å². The van der Waals surface area contributed by atoms with E-state index in [0.717, 1.165) is 37.1 Å². The van der Waals surface area contributed by atoms with Crippen molar-refractivity contribution >= 4 is 6.03 Å². The highest BCUT2D eigenvalue weighted by molar-refractivity contribution is 5.75. The van der Waals surface area contributed by atoms with Crippen molar-refractivity contribution in [2.75, 3.05) is 13.7 Å².